The molecule has 0 amide bonds. The first-order valence-electron chi connectivity index (χ1n) is 26.9. The Bertz CT molecular complexity index is 3870. The molecule has 4 N–H and O–H groups in total. The minimum absolute atomic E-state index is 0. The first-order chi connectivity index (χ1) is 39.8. The minimum atomic E-state index is -1.17. The van der Waals surface area contributed by atoms with Gasteiger partial charge in [0.1, 0.15) is 11.2 Å². The van der Waals surface area contributed by atoms with Gasteiger partial charge < -0.3 is 61.5 Å². The Balaban J connectivity index is 0.00000110. The summed E-state index contributed by atoms with van der Waals surface area (Å²) < 4.78 is 22.3. The SMILES string of the molecule is CB(O)O.CC1(O)c2ccc(Br)cc2C(C)(O)c2ccc(Br)cc21.C[C-](C)C.Cc1c2ccc(Br)cc2c(C)c2ccc(Br)cc12.Cc1ccc2c(C)c3cc(C)ccc3c(C)c2c1.O=C1c2ccc(Br)cc2C(=O)c2ccc(Br)cc21.O=[P+]=O.[H-].[I-].[K+].[Li+].[Na+].[PH-2]. The van der Waals surface area contributed by atoms with Crippen molar-refractivity contribution >= 4 is 176 Å². The van der Waals surface area contributed by atoms with E-state index >= 15 is 0 Å². The molecular weight excluding hydrogens is 1700 g/mol. The third-order valence-electron chi connectivity index (χ3n) is 14.5. The molecule has 2 aliphatic rings. The van der Waals surface area contributed by atoms with Crippen LogP contribution in [0, 0.1) is 47.5 Å². The van der Waals surface area contributed by atoms with E-state index in [4.69, 9.17) is 19.2 Å². The van der Waals surface area contributed by atoms with Gasteiger partial charge in [-0.1, -0.05) is 167 Å². The molecular formula is C69H66BBr6IKLiNaO8P2-. The van der Waals surface area contributed by atoms with Crippen molar-refractivity contribution in [3.63, 3.8) is 0 Å². The molecule has 10 aromatic carbocycles. The molecule has 456 valence electrons. The summed E-state index contributed by atoms with van der Waals surface area (Å²) in [7, 11) is -2.25. The first kappa shape index (κ1) is 87.8. The quantitative estimate of drug-likeness (QED) is 0.0386. The number of hydrogen-bond donors (Lipinski definition) is 4. The molecule has 90 heavy (non-hydrogen) atoms. The Labute approximate surface area is 680 Å². The Morgan fingerprint density at radius 1 is 0.422 bits per heavy atom. The zero-order valence-corrected chi connectivity index (χ0v) is 71.6. The van der Waals surface area contributed by atoms with E-state index in [1.54, 1.807) is 50.2 Å². The van der Waals surface area contributed by atoms with Crippen molar-refractivity contribution in [2.45, 2.75) is 94.2 Å². The summed E-state index contributed by atoms with van der Waals surface area (Å²) in [6.07, 6.45) is 0. The van der Waals surface area contributed by atoms with E-state index in [9.17, 15) is 19.8 Å². The molecule has 0 fully saturated rings. The second-order valence-corrected chi connectivity index (χ2v) is 27.4. The fraction of sp³-hybridized carbons (Fsp3) is 0.203. The second-order valence-electron chi connectivity index (χ2n) is 21.7. The van der Waals surface area contributed by atoms with Crippen molar-refractivity contribution in [1.82, 2.24) is 0 Å². The van der Waals surface area contributed by atoms with Crippen molar-refractivity contribution in [2.24, 2.45) is 0 Å². The van der Waals surface area contributed by atoms with E-state index in [0.717, 1.165) is 49.1 Å². The van der Waals surface area contributed by atoms with Crippen molar-refractivity contribution in [3.8, 4) is 0 Å². The zero-order valence-electron chi connectivity index (χ0n) is 53.9. The molecule has 0 bridgehead atoms. The monoisotopic (exact) mass is 1760 g/mol. The first-order valence-corrected chi connectivity index (χ1v) is 32.3. The number of ketones is 2. The third-order valence-corrected chi connectivity index (χ3v) is 17.5. The summed E-state index contributed by atoms with van der Waals surface area (Å²) in [5.41, 5.74) is 10.7. The van der Waals surface area contributed by atoms with Crippen LogP contribution in [0.2, 0.25) is 6.82 Å². The summed E-state index contributed by atoms with van der Waals surface area (Å²) in [6.45, 7) is 24.2. The van der Waals surface area contributed by atoms with Crippen LogP contribution in [-0.4, -0.2) is 38.9 Å². The molecule has 10 aromatic rings. The zero-order chi connectivity index (χ0) is 63.2. The molecule has 0 spiro atoms. The third kappa shape index (κ3) is 21.4. The van der Waals surface area contributed by atoms with Crippen LogP contribution in [0.15, 0.2) is 172 Å². The number of carbonyl (C=O) groups is 2. The van der Waals surface area contributed by atoms with Gasteiger partial charge in [0, 0.05) is 49.1 Å². The fourth-order valence-corrected chi connectivity index (χ4v) is 12.7. The van der Waals surface area contributed by atoms with E-state index in [1.807, 2.05) is 36.4 Å². The van der Waals surface area contributed by atoms with Crippen LogP contribution in [0.5, 0.6) is 0 Å². The molecule has 21 heteroatoms. The molecule has 2 atom stereocenters. The normalized spacial score (nSPS) is 14.2. The van der Waals surface area contributed by atoms with E-state index in [0.29, 0.717) is 22.3 Å². The van der Waals surface area contributed by atoms with Gasteiger partial charge >= 0.3 is 124 Å². The maximum absolute atomic E-state index is 12.3. The van der Waals surface area contributed by atoms with Gasteiger partial charge in [0.2, 0.25) is 0 Å². The number of rotatable bonds is 0. The van der Waals surface area contributed by atoms with Gasteiger partial charge in [-0.15, -0.1) is 0 Å². The topological polar surface area (TPSA) is 149 Å². The predicted molar refractivity (Wildman–Crippen MR) is 382 cm³/mol. The van der Waals surface area contributed by atoms with Crippen LogP contribution >= 0.6 is 114 Å². The minimum Gasteiger partial charge on any atom is -1.51 e. The van der Waals surface area contributed by atoms with Crippen molar-refractivity contribution in [1.29, 1.82) is 0 Å². The van der Waals surface area contributed by atoms with Gasteiger partial charge in [0.15, 0.2) is 11.6 Å². The molecule has 0 aliphatic heterocycles. The summed E-state index contributed by atoms with van der Waals surface area (Å²) in [6, 6.07) is 48.1. The Kier molecular flexibility index (Phi) is 37.9. The largest absolute Gasteiger partial charge is 1.51 e. The molecule has 0 saturated carbocycles. The maximum Gasteiger partial charge on any atom is 1.00 e. The van der Waals surface area contributed by atoms with Gasteiger partial charge in [-0.25, -0.2) is 0 Å². The van der Waals surface area contributed by atoms with Gasteiger partial charge in [-0.3, -0.25) is 9.59 Å². The van der Waals surface area contributed by atoms with E-state index < -0.39 is 26.7 Å². The second kappa shape index (κ2) is 38.8. The predicted octanol–water partition coefficient (Wildman–Crippen LogP) is 9.44. The van der Waals surface area contributed by atoms with Crippen LogP contribution in [-0.2, 0) is 20.3 Å². The van der Waals surface area contributed by atoms with Crippen molar-refractivity contribution in [3.05, 3.63) is 256 Å². The summed E-state index contributed by atoms with van der Waals surface area (Å²) in [4.78, 5) is 24.7. The molecule has 2 unspecified atom stereocenters. The van der Waals surface area contributed by atoms with Gasteiger partial charge in [-0.05, 0) is 235 Å². The summed E-state index contributed by atoms with van der Waals surface area (Å²) in [5, 5.41) is 48.1. The summed E-state index contributed by atoms with van der Waals surface area (Å²) in [5.74, 6) is 1.21. The van der Waals surface area contributed by atoms with Gasteiger partial charge in [0.05, 0.1) is 0 Å². The molecule has 12 rings (SSSR count). The summed E-state index contributed by atoms with van der Waals surface area (Å²) >= 11 is 20.6. The van der Waals surface area contributed by atoms with Gasteiger partial charge in [-0.2, -0.15) is 20.8 Å². The molecule has 2 aliphatic carbocycles. The van der Waals surface area contributed by atoms with Crippen LogP contribution in [0.3, 0.4) is 0 Å². The molecule has 0 heterocycles. The molecule has 0 aromatic heterocycles. The number of aryl methyl sites for hydroxylation is 6. The number of halogens is 7. The number of carbonyl (C=O) groups excluding carboxylic acids is 2. The van der Waals surface area contributed by atoms with E-state index in [2.05, 4.69) is 231 Å². The maximum atomic E-state index is 12.3. The van der Waals surface area contributed by atoms with Crippen LogP contribution in [0.4, 0.5) is 0 Å². The molecule has 0 radical (unpaired) electrons. The number of fused-ring (bicyclic) bond motifs is 8. The van der Waals surface area contributed by atoms with Crippen molar-refractivity contribution in [2.75, 3.05) is 0 Å². The van der Waals surface area contributed by atoms with Crippen molar-refractivity contribution < 1.29 is 164 Å². The Morgan fingerprint density at radius 3 is 0.933 bits per heavy atom. The van der Waals surface area contributed by atoms with Crippen LogP contribution < -0.4 is 124 Å². The average molecular weight is 1770 g/mol. The number of aliphatic hydroxyl groups is 2. The Morgan fingerprint density at radius 2 is 0.644 bits per heavy atom. The average Bonchev–Trinajstić information content (AvgIpc) is 0.740. The van der Waals surface area contributed by atoms with E-state index in [1.165, 1.54) is 89.2 Å². The smallest absolute Gasteiger partial charge is 1.00 e. The van der Waals surface area contributed by atoms with Gasteiger partial charge in [0.25, 0.3) is 0 Å². The van der Waals surface area contributed by atoms with Crippen LogP contribution in [0.25, 0.3) is 43.1 Å². The standard InChI is InChI=1S/C18H18.C16H14Br2O2.C16H12Br2.C14H6Br2O2.C4H9.CH5BO2.HI.K.Li.Na.O2P.HP.H/c1-11-5-7-15-14(4)18-10-12(2)6-8-16(18)13(3)17(15)9-11;1-15(19)11-5-3-10(18)8-14(11)16(2,20)12-6-4-9(17)7-13(12)15;1-9-13-5-3-12(18)8-16(13)10(2)14-6-4-11(17)7-15(9)14;15-7-1-3-9-11(5-7)14(18)10-4-2-8(16)6-12(10)13(9)17;1-4(2)3;1-2(3)4;;;;;1-3-2;;/h5-10H,1-4H3;3-8,19-20H,1-2H3;3-8H,1-2H3;1-6H;1-3H3;3-4H,1H3;1H;;;;;1H;/q;;;;-1;;;4*+1;-2;-1/p-1. The van der Waals surface area contributed by atoms with Crippen LogP contribution in [0.1, 0.15) is 124 Å². The molecule has 0 saturated heterocycles. The fourth-order valence-electron chi connectivity index (χ4n) is 10.6. The van der Waals surface area contributed by atoms with E-state index in [-0.39, 0.29) is 147 Å². The Hall–Kier alpha value is -0.211. The molecule has 8 nitrogen and oxygen atoms in total. The number of hydrogen-bond acceptors (Lipinski definition) is 8. The number of benzene rings is 10.